The van der Waals surface area contributed by atoms with Gasteiger partial charge in [-0.05, 0) is 42.6 Å². The third kappa shape index (κ3) is 1.19. The van der Waals surface area contributed by atoms with Crippen LogP contribution in [0.2, 0.25) is 0 Å². The molecule has 0 aromatic heterocycles. The number of aliphatic hydroxyl groups is 3. The SMILES string of the molecule is C=C1C(=O)[C@@]23[C@@H]4O[C@H]5O[C@@]2(O)[C@@H](O)[C@@H]2C(C)(C)CC[C@H](O)[C@@]52[C@@H]3CC[C@@H]14. The maximum Gasteiger partial charge on any atom is 0.211 e. The van der Waals surface area contributed by atoms with Crippen LogP contribution in [0.1, 0.15) is 39.5 Å². The standard InChI is InChI=1S/C20H26O6/c1-8-9-4-5-10-18-11(21)6-7-17(2,3)12(18)14(23)20(24)19(10,13(8)22)15(9)25-16(18)26-20/h9-12,14-16,21,23-24H,1,4-7H2,2-3H3/t9-,10-,11-,12+,14-,15+,16-,18+,19-,20-/m0/s1. The molecule has 8 fully saturated rings. The monoisotopic (exact) mass is 362 g/mol. The van der Waals surface area contributed by atoms with Crippen LogP contribution in [-0.4, -0.2) is 51.5 Å². The Morgan fingerprint density at radius 1 is 1.19 bits per heavy atom. The number of carbonyl (C=O) groups excluding carboxylic acids is 1. The molecule has 0 aromatic carbocycles. The average molecular weight is 362 g/mol. The van der Waals surface area contributed by atoms with Crippen molar-refractivity contribution >= 4 is 5.78 Å². The Labute approximate surface area is 152 Å². The van der Waals surface area contributed by atoms with E-state index in [-0.39, 0.29) is 23.0 Å². The summed E-state index contributed by atoms with van der Waals surface area (Å²) in [6, 6.07) is 0. The van der Waals surface area contributed by atoms with Crippen molar-refractivity contribution in [3.05, 3.63) is 12.2 Å². The maximum atomic E-state index is 13.4. The van der Waals surface area contributed by atoms with Gasteiger partial charge in [-0.15, -0.1) is 0 Å². The lowest BCUT2D eigenvalue weighted by molar-refractivity contribution is -0.556. The lowest BCUT2D eigenvalue weighted by Gasteiger charge is -2.79. The summed E-state index contributed by atoms with van der Waals surface area (Å²) in [5, 5.41) is 34.3. The first-order chi connectivity index (χ1) is 12.1. The number of ether oxygens (including phenoxy) is 2. The van der Waals surface area contributed by atoms with Gasteiger partial charge in [0.15, 0.2) is 12.1 Å². The normalized spacial score (nSPS) is 64.0. The molecular weight excluding hydrogens is 336 g/mol. The quantitative estimate of drug-likeness (QED) is 0.550. The molecule has 0 unspecified atom stereocenters. The molecule has 4 saturated heterocycles. The van der Waals surface area contributed by atoms with Crippen molar-refractivity contribution in [2.24, 2.45) is 34.0 Å². The van der Waals surface area contributed by atoms with E-state index in [1.807, 2.05) is 0 Å². The second-order valence-electron chi connectivity index (χ2n) is 10.1. The van der Waals surface area contributed by atoms with Gasteiger partial charge in [-0.25, -0.2) is 0 Å². The van der Waals surface area contributed by atoms with Crippen LogP contribution in [-0.2, 0) is 14.3 Å². The molecular formula is C20H26O6. The molecule has 2 spiro atoms. The molecule has 7 bridgehead atoms. The Kier molecular flexibility index (Phi) is 2.57. The summed E-state index contributed by atoms with van der Waals surface area (Å²) in [5.74, 6) is -2.99. The van der Waals surface area contributed by atoms with Gasteiger partial charge in [0.2, 0.25) is 5.79 Å². The van der Waals surface area contributed by atoms with Gasteiger partial charge < -0.3 is 24.8 Å². The van der Waals surface area contributed by atoms with E-state index in [0.717, 1.165) is 12.8 Å². The third-order valence-corrected chi connectivity index (χ3v) is 9.14. The Hall–Kier alpha value is -0.790. The van der Waals surface area contributed by atoms with Gasteiger partial charge in [-0.1, -0.05) is 20.4 Å². The van der Waals surface area contributed by atoms with Crippen LogP contribution in [0, 0.1) is 34.0 Å². The Balaban J connectivity index is 1.70. The highest BCUT2D eigenvalue weighted by molar-refractivity contribution is 6.05. The number of aliphatic hydroxyl groups excluding tert-OH is 2. The topological polar surface area (TPSA) is 96.2 Å². The molecule has 142 valence electrons. The first-order valence-corrected chi connectivity index (χ1v) is 9.80. The summed E-state index contributed by atoms with van der Waals surface area (Å²) < 4.78 is 12.3. The zero-order valence-corrected chi connectivity index (χ0v) is 15.1. The molecule has 0 amide bonds. The highest BCUT2D eigenvalue weighted by Gasteiger charge is 2.92. The van der Waals surface area contributed by atoms with Gasteiger partial charge in [0.25, 0.3) is 0 Å². The van der Waals surface area contributed by atoms with Gasteiger partial charge in [0, 0.05) is 11.8 Å². The molecule has 4 aliphatic heterocycles. The molecule has 4 heterocycles. The van der Waals surface area contributed by atoms with Gasteiger partial charge in [-0.3, -0.25) is 4.79 Å². The minimum Gasteiger partial charge on any atom is -0.392 e. The van der Waals surface area contributed by atoms with Crippen LogP contribution >= 0.6 is 0 Å². The number of rotatable bonds is 0. The number of hydrogen-bond donors (Lipinski definition) is 3. The second kappa shape index (κ2) is 4.13. The minimum absolute atomic E-state index is 0.133. The molecule has 8 rings (SSSR count). The van der Waals surface area contributed by atoms with Gasteiger partial charge in [0.05, 0.1) is 17.6 Å². The van der Waals surface area contributed by atoms with E-state index in [1.54, 1.807) is 0 Å². The van der Waals surface area contributed by atoms with Crippen LogP contribution in [0.3, 0.4) is 0 Å². The highest BCUT2D eigenvalue weighted by atomic mass is 16.8. The Bertz CT molecular complexity index is 761. The smallest absolute Gasteiger partial charge is 0.211 e. The zero-order valence-electron chi connectivity index (χ0n) is 15.1. The van der Waals surface area contributed by atoms with E-state index in [4.69, 9.17) is 9.47 Å². The van der Waals surface area contributed by atoms with Crippen molar-refractivity contribution in [1.29, 1.82) is 0 Å². The predicted octanol–water partition coefficient (Wildman–Crippen LogP) is 0.740. The minimum atomic E-state index is -1.97. The molecule has 0 aromatic rings. The first-order valence-electron chi connectivity index (χ1n) is 9.80. The summed E-state index contributed by atoms with van der Waals surface area (Å²) >= 11 is 0. The number of carbonyl (C=O) groups is 1. The summed E-state index contributed by atoms with van der Waals surface area (Å²) in [5.41, 5.74) is -2.03. The average Bonchev–Trinajstić information content (AvgIpc) is 2.71. The fourth-order valence-corrected chi connectivity index (χ4v) is 8.38. The second-order valence-corrected chi connectivity index (χ2v) is 10.1. The zero-order chi connectivity index (χ0) is 18.4. The van der Waals surface area contributed by atoms with Gasteiger partial charge in [0.1, 0.15) is 11.5 Å². The largest absolute Gasteiger partial charge is 0.392 e. The van der Waals surface area contributed by atoms with Crippen molar-refractivity contribution in [1.82, 2.24) is 0 Å². The van der Waals surface area contributed by atoms with E-state index in [1.165, 1.54) is 0 Å². The number of ketones is 1. The molecule has 6 heteroatoms. The molecule has 10 atom stereocenters. The molecule has 8 aliphatic rings. The molecule has 0 radical (unpaired) electrons. The van der Waals surface area contributed by atoms with Crippen molar-refractivity contribution in [3.8, 4) is 0 Å². The van der Waals surface area contributed by atoms with Crippen molar-refractivity contribution < 1.29 is 29.6 Å². The van der Waals surface area contributed by atoms with E-state index in [0.29, 0.717) is 18.4 Å². The Morgan fingerprint density at radius 2 is 1.92 bits per heavy atom. The number of hydrogen-bond acceptors (Lipinski definition) is 6. The van der Waals surface area contributed by atoms with Crippen LogP contribution < -0.4 is 0 Å². The predicted molar refractivity (Wildman–Crippen MR) is 88.4 cm³/mol. The van der Waals surface area contributed by atoms with Crippen LogP contribution in [0.15, 0.2) is 12.2 Å². The fourth-order valence-electron chi connectivity index (χ4n) is 8.38. The highest BCUT2D eigenvalue weighted by Crippen LogP contribution is 2.81. The van der Waals surface area contributed by atoms with E-state index < -0.39 is 47.1 Å². The summed E-state index contributed by atoms with van der Waals surface area (Å²) in [6.07, 6.45) is -0.473. The number of Topliss-reactive ketones (excluding diaryl/α,β-unsaturated/α-hetero) is 1. The summed E-state index contributed by atoms with van der Waals surface area (Å²) in [6.45, 7) is 8.14. The third-order valence-electron chi connectivity index (χ3n) is 9.14. The van der Waals surface area contributed by atoms with E-state index in [2.05, 4.69) is 20.4 Å². The first kappa shape index (κ1) is 16.2. The summed E-state index contributed by atoms with van der Waals surface area (Å²) in [7, 11) is 0. The van der Waals surface area contributed by atoms with Gasteiger partial charge >= 0.3 is 0 Å². The van der Waals surface area contributed by atoms with E-state index >= 15 is 0 Å². The molecule has 3 N–H and O–H groups in total. The van der Waals surface area contributed by atoms with Crippen molar-refractivity contribution in [3.63, 3.8) is 0 Å². The molecule has 4 aliphatic carbocycles. The molecule has 26 heavy (non-hydrogen) atoms. The maximum absolute atomic E-state index is 13.4. The van der Waals surface area contributed by atoms with Crippen LogP contribution in [0.4, 0.5) is 0 Å². The molecule has 4 saturated carbocycles. The van der Waals surface area contributed by atoms with Gasteiger partial charge in [-0.2, -0.15) is 0 Å². The van der Waals surface area contributed by atoms with Crippen molar-refractivity contribution in [2.45, 2.75) is 69.9 Å². The fraction of sp³-hybridized carbons (Fsp3) is 0.850. The van der Waals surface area contributed by atoms with Crippen LogP contribution in [0.5, 0.6) is 0 Å². The molecule has 6 nitrogen and oxygen atoms in total. The van der Waals surface area contributed by atoms with E-state index in [9.17, 15) is 20.1 Å². The van der Waals surface area contributed by atoms with Crippen molar-refractivity contribution in [2.75, 3.05) is 0 Å². The lowest BCUT2D eigenvalue weighted by Crippen LogP contribution is -2.91. The van der Waals surface area contributed by atoms with Crippen LogP contribution in [0.25, 0.3) is 0 Å². The Morgan fingerprint density at radius 3 is 2.65 bits per heavy atom. The summed E-state index contributed by atoms with van der Waals surface area (Å²) in [4.78, 5) is 13.4. The lowest BCUT2D eigenvalue weighted by atomic mass is 9.34.